The van der Waals surface area contributed by atoms with Crippen molar-refractivity contribution in [3.63, 3.8) is 0 Å². The van der Waals surface area contributed by atoms with E-state index >= 15 is 0 Å². The largest absolute Gasteiger partial charge is 0.389 e. The van der Waals surface area contributed by atoms with Gasteiger partial charge in [0.2, 0.25) is 0 Å². The lowest BCUT2D eigenvalue weighted by atomic mass is 10.1. The van der Waals surface area contributed by atoms with Gasteiger partial charge in [-0.15, -0.1) is 0 Å². The number of carbonyl (C=O) groups is 1. The maximum atomic E-state index is 10.8. The molecule has 1 fully saturated rings. The average Bonchev–Trinajstić information content (AvgIpc) is 2.38. The number of benzene rings is 1. The minimum atomic E-state index is -0.635. The van der Waals surface area contributed by atoms with E-state index in [1.165, 1.54) is 5.69 Å². The zero-order valence-electron chi connectivity index (χ0n) is 12.6. The predicted molar refractivity (Wildman–Crippen MR) is 81.5 cm³/mol. The molecule has 2 rings (SSSR count). The van der Waals surface area contributed by atoms with Crippen LogP contribution in [0, 0.1) is 6.92 Å². The highest BCUT2D eigenvalue weighted by molar-refractivity contribution is 5.77. The molecular formula is C16H24N2O2. The quantitative estimate of drug-likeness (QED) is 0.850. The number of piperazine rings is 1. The summed E-state index contributed by atoms with van der Waals surface area (Å²) >= 11 is 0. The minimum absolute atomic E-state index is 0.635. The molecule has 0 unspecified atom stereocenters. The minimum Gasteiger partial charge on any atom is -0.389 e. The number of aldehydes is 1. The molecule has 1 aromatic rings. The topological polar surface area (TPSA) is 43.8 Å². The summed E-state index contributed by atoms with van der Waals surface area (Å²) in [4.78, 5) is 15.4. The summed E-state index contributed by atoms with van der Waals surface area (Å²) in [7, 11) is 0. The Hall–Kier alpha value is -1.39. The van der Waals surface area contributed by atoms with Gasteiger partial charge < -0.3 is 10.0 Å². The third-order valence-corrected chi connectivity index (χ3v) is 3.68. The fourth-order valence-electron chi connectivity index (χ4n) is 2.80. The highest BCUT2D eigenvalue weighted by Crippen LogP contribution is 2.22. The molecule has 20 heavy (non-hydrogen) atoms. The van der Waals surface area contributed by atoms with Crippen LogP contribution in [0.5, 0.6) is 0 Å². The van der Waals surface area contributed by atoms with E-state index in [2.05, 4.69) is 9.80 Å². The van der Waals surface area contributed by atoms with Gasteiger partial charge in [-0.1, -0.05) is 0 Å². The molecule has 1 heterocycles. The van der Waals surface area contributed by atoms with Crippen molar-refractivity contribution < 1.29 is 9.90 Å². The first kappa shape index (κ1) is 15.0. The second kappa shape index (κ2) is 5.94. The van der Waals surface area contributed by atoms with Gasteiger partial charge in [0.05, 0.1) is 5.60 Å². The molecule has 1 aromatic carbocycles. The van der Waals surface area contributed by atoms with Gasteiger partial charge >= 0.3 is 0 Å². The van der Waals surface area contributed by atoms with E-state index in [0.29, 0.717) is 6.54 Å². The fraction of sp³-hybridized carbons (Fsp3) is 0.562. The van der Waals surface area contributed by atoms with E-state index in [9.17, 15) is 9.90 Å². The van der Waals surface area contributed by atoms with Crippen molar-refractivity contribution in [2.24, 2.45) is 0 Å². The highest BCUT2D eigenvalue weighted by Gasteiger charge is 2.23. The van der Waals surface area contributed by atoms with Crippen LogP contribution in [-0.4, -0.2) is 54.6 Å². The van der Waals surface area contributed by atoms with Crippen LogP contribution in [0.2, 0.25) is 0 Å². The highest BCUT2D eigenvalue weighted by atomic mass is 16.3. The lowest BCUT2D eigenvalue weighted by Crippen LogP contribution is -2.50. The predicted octanol–water partition coefficient (Wildman–Crippen LogP) is 1.70. The maximum Gasteiger partial charge on any atom is 0.150 e. The molecule has 1 aliphatic rings. The molecule has 110 valence electrons. The Balaban J connectivity index is 1.98. The van der Waals surface area contributed by atoms with Crippen molar-refractivity contribution in [1.29, 1.82) is 0 Å². The van der Waals surface area contributed by atoms with E-state index in [4.69, 9.17) is 0 Å². The number of β-amino-alcohol motifs (C(OH)–C–C–N with tert-alkyl or cyclic N) is 1. The number of rotatable bonds is 4. The lowest BCUT2D eigenvalue weighted by molar-refractivity contribution is 0.0345. The Morgan fingerprint density at radius 2 is 1.90 bits per heavy atom. The summed E-state index contributed by atoms with van der Waals surface area (Å²) in [6.07, 6.45) is 0.887. The number of hydrogen-bond donors (Lipinski definition) is 1. The summed E-state index contributed by atoms with van der Waals surface area (Å²) in [5, 5.41) is 9.87. The summed E-state index contributed by atoms with van der Waals surface area (Å²) in [6.45, 7) is 10.3. The van der Waals surface area contributed by atoms with Crippen LogP contribution in [0.1, 0.15) is 29.8 Å². The Morgan fingerprint density at radius 1 is 1.25 bits per heavy atom. The van der Waals surface area contributed by atoms with Crippen molar-refractivity contribution in [2.75, 3.05) is 37.6 Å². The van der Waals surface area contributed by atoms with Gasteiger partial charge in [0.1, 0.15) is 6.29 Å². The van der Waals surface area contributed by atoms with E-state index in [-0.39, 0.29) is 0 Å². The number of aryl methyl sites for hydroxylation is 1. The Bertz CT molecular complexity index is 472. The van der Waals surface area contributed by atoms with Crippen molar-refractivity contribution in [2.45, 2.75) is 26.4 Å². The van der Waals surface area contributed by atoms with Gasteiger partial charge in [-0.2, -0.15) is 0 Å². The third kappa shape index (κ3) is 3.81. The first-order chi connectivity index (χ1) is 9.39. The first-order valence-electron chi connectivity index (χ1n) is 7.14. The van der Waals surface area contributed by atoms with E-state index in [0.717, 1.165) is 43.6 Å². The zero-order valence-corrected chi connectivity index (χ0v) is 12.6. The monoisotopic (exact) mass is 276 g/mol. The fourth-order valence-corrected chi connectivity index (χ4v) is 2.80. The standard InChI is InChI=1S/C16H24N2O2/c1-13-10-14(11-19)4-5-15(13)18-8-6-17(7-9-18)12-16(2,3)20/h4-5,10-11,20H,6-9,12H2,1-3H3. The number of aliphatic hydroxyl groups is 1. The van der Waals surface area contributed by atoms with Crippen molar-refractivity contribution in [1.82, 2.24) is 4.90 Å². The van der Waals surface area contributed by atoms with Crippen LogP contribution >= 0.6 is 0 Å². The lowest BCUT2D eigenvalue weighted by Gasteiger charge is -2.38. The summed E-state index contributed by atoms with van der Waals surface area (Å²) in [5.41, 5.74) is 2.44. The number of hydrogen-bond acceptors (Lipinski definition) is 4. The average molecular weight is 276 g/mol. The molecule has 0 radical (unpaired) electrons. The summed E-state index contributed by atoms with van der Waals surface area (Å²) in [5.74, 6) is 0. The Labute approximate surface area is 121 Å². The van der Waals surface area contributed by atoms with E-state index in [1.54, 1.807) is 0 Å². The molecule has 0 bridgehead atoms. The van der Waals surface area contributed by atoms with Crippen LogP contribution < -0.4 is 4.90 Å². The Morgan fingerprint density at radius 3 is 2.40 bits per heavy atom. The van der Waals surface area contributed by atoms with Crippen molar-refractivity contribution in [3.8, 4) is 0 Å². The van der Waals surface area contributed by atoms with Gasteiger partial charge in [-0.05, 0) is 44.5 Å². The van der Waals surface area contributed by atoms with Crippen LogP contribution in [0.4, 0.5) is 5.69 Å². The number of carbonyl (C=O) groups excluding carboxylic acids is 1. The van der Waals surface area contributed by atoms with E-state index < -0.39 is 5.60 Å². The first-order valence-corrected chi connectivity index (χ1v) is 7.14. The Kier molecular flexibility index (Phi) is 4.45. The summed E-state index contributed by atoms with van der Waals surface area (Å²) in [6, 6.07) is 5.84. The second-order valence-electron chi connectivity index (χ2n) is 6.24. The molecular weight excluding hydrogens is 252 g/mol. The van der Waals surface area contributed by atoms with Crippen molar-refractivity contribution in [3.05, 3.63) is 29.3 Å². The van der Waals surface area contributed by atoms with Gasteiger partial charge in [-0.25, -0.2) is 0 Å². The molecule has 0 aromatic heterocycles. The van der Waals surface area contributed by atoms with E-state index in [1.807, 2.05) is 39.0 Å². The van der Waals surface area contributed by atoms with Crippen LogP contribution in [0.15, 0.2) is 18.2 Å². The SMILES string of the molecule is Cc1cc(C=O)ccc1N1CCN(CC(C)(C)O)CC1. The van der Waals surface area contributed by atoms with Gasteiger partial charge in [0, 0.05) is 44.0 Å². The molecule has 0 atom stereocenters. The van der Waals surface area contributed by atoms with Crippen LogP contribution in [0.3, 0.4) is 0 Å². The molecule has 0 spiro atoms. The molecule has 0 amide bonds. The second-order valence-corrected chi connectivity index (χ2v) is 6.24. The molecule has 0 saturated carbocycles. The molecule has 4 nitrogen and oxygen atoms in total. The summed E-state index contributed by atoms with van der Waals surface area (Å²) < 4.78 is 0. The zero-order chi connectivity index (χ0) is 14.8. The maximum absolute atomic E-state index is 10.8. The molecule has 1 saturated heterocycles. The molecule has 1 aliphatic heterocycles. The third-order valence-electron chi connectivity index (χ3n) is 3.68. The molecule has 1 N–H and O–H groups in total. The van der Waals surface area contributed by atoms with Crippen LogP contribution in [0.25, 0.3) is 0 Å². The normalized spacial score (nSPS) is 17.3. The number of nitrogens with zero attached hydrogens (tertiary/aromatic N) is 2. The van der Waals surface area contributed by atoms with Crippen molar-refractivity contribution >= 4 is 12.0 Å². The number of anilines is 1. The van der Waals surface area contributed by atoms with Crippen LogP contribution in [-0.2, 0) is 0 Å². The smallest absolute Gasteiger partial charge is 0.150 e. The molecule has 0 aliphatic carbocycles. The van der Waals surface area contributed by atoms with Gasteiger partial charge in [-0.3, -0.25) is 9.69 Å². The van der Waals surface area contributed by atoms with Gasteiger partial charge in [0.25, 0.3) is 0 Å². The molecule has 4 heteroatoms. The van der Waals surface area contributed by atoms with Gasteiger partial charge in [0.15, 0.2) is 0 Å².